The zero-order valence-electron chi connectivity index (χ0n) is 10.8. The van der Waals surface area contributed by atoms with Gasteiger partial charge in [0.2, 0.25) is 0 Å². The summed E-state index contributed by atoms with van der Waals surface area (Å²) in [6, 6.07) is 17.0. The largest absolute Gasteiger partial charge is 0.383 e. The van der Waals surface area contributed by atoms with E-state index in [4.69, 9.17) is 0 Å². The van der Waals surface area contributed by atoms with Gasteiger partial charge in [0.15, 0.2) is 0 Å². The summed E-state index contributed by atoms with van der Waals surface area (Å²) in [5.41, 5.74) is 3.71. The summed E-state index contributed by atoms with van der Waals surface area (Å²) in [4.78, 5) is 2.39. The Morgan fingerprint density at radius 3 is 2.47 bits per heavy atom. The third-order valence-corrected chi connectivity index (χ3v) is 4.13. The fourth-order valence-corrected chi connectivity index (χ4v) is 3.02. The summed E-state index contributed by atoms with van der Waals surface area (Å²) < 4.78 is 1.14. The molecule has 2 aromatic carbocycles. The minimum absolute atomic E-state index is 1.06. The first kappa shape index (κ1) is 12.5. The first-order chi connectivity index (χ1) is 9.36. The Bertz CT molecular complexity index is 568. The van der Waals surface area contributed by atoms with Gasteiger partial charge in [-0.1, -0.05) is 24.3 Å². The molecular formula is C16H17BrN2. The van der Waals surface area contributed by atoms with Gasteiger partial charge in [-0.25, -0.2) is 0 Å². The Kier molecular flexibility index (Phi) is 3.74. The van der Waals surface area contributed by atoms with Gasteiger partial charge in [0.1, 0.15) is 0 Å². The van der Waals surface area contributed by atoms with Crippen molar-refractivity contribution in [3.8, 4) is 0 Å². The molecule has 0 amide bonds. The average Bonchev–Trinajstić information content (AvgIpc) is 2.41. The Balaban J connectivity index is 2.08. The highest BCUT2D eigenvalue weighted by Gasteiger charge is 2.16. The molecule has 0 saturated carbocycles. The van der Waals surface area contributed by atoms with E-state index in [1.54, 1.807) is 0 Å². The number of hydrogen-bond donors (Lipinski definition) is 1. The van der Waals surface area contributed by atoms with Crippen molar-refractivity contribution in [1.82, 2.24) is 0 Å². The summed E-state index contributed by atoms with van der Waals surface area (Å²) in [6.07, 6.45) is 2.40. The third kappa shape index (κ3) is 2.61. The topological polar surface area (TPSA) is 15.3 Å². The van der Waals surface area contributed by atoms with E-state index in [9.17, 15) is 0 Å². The van der Waals surface area contributed by atoms with Gasteiger partial charge in [0.25, 0.3) is 0 Å². The molecule has 0 fully saturated rings. The first-order valence-electron chi connectivity index (χ1n) is 6.71. The molecule has 0 spiro atoms. The predicted molar refractivity (Wildman–Crippen MR) is 85.3 cm³/mol. The number of halogens is 1. The smallest absolute Gasteiger partial charge is 0.0646 e. The summed E-state index contributed by atoms with van der Waals surface area (Å²) in [5.74, 6) is 0. The molecule has 3 heteroatoms. The first-order valence-corrected chi connectivity index (χ1v) is 7.50. The fourth-order valence-electron chi connectivity index (χ4n) is 2.52. The van der Waals surface area contributed by atoms with E-state index >= 15 is 0 Å². The van der Waals surface area contributed by atoms with Gasteiger partial charge in [-0.15, -0.1) is 0 Å². The molecular weight excluding hydrogens is 300 g/mol. The van der Waals surface area contributed by atoms with E-state index in [2.05, 4.69) is 74.7 Å². The van der Waals surface area contributed by atoms with Crippen molar-refractivity contribution in [3.63, 3.8) is 0 Å². The highest BCUT2D eigenvalue weighted by atomic mass is 79.9. The average molecular weight is 317 g/mol. The Hall–Kier alpha value is -1.48. The molecule has 0 radical (unpaired) electrons. The van der Waals surface area contributed by atoms with E-state index in [-0.39, 0.29) is 0 Å². The lowest BCUT2D eigenvalue weighted by atomic mass is 10.1. The van der Waals surface area contributed by atoms with Crippen LogP contribution in [0.5, 0.6) is 0 Å². The lowest BCUT2D eigenvalue weighted by molar-refractivity contribution is 0.747. The minimum atomic E-state index is 1.06. The monoisotopic (exact) mass is 316 g/mol. The maximum atomic E-state index is 3.67. The summed E-state index contributed by atoms with van der Waals surface area (Å²) >= 11 is 3.67. The second kappa shape index (κ2) is 5.66. The lowest BCUT2D eigenvalue weighted by Gasteiger charge is -2.30. The Labute approximate surface area is 122 Å². The SMILES string of the molecule is Brc1ccccc1N1CCCCNc2ccccc21. The van der Waals surface area contributed by atoms with Crippen molar-refractivity contribution in [3.05, 3.63) is 53.0 Å². The third-order valence-electron chi connectivity index (χ3n) is 3.46. The Morgan fingerprint density at radius 2 is 1.63 bits per heavy atom. The van der Waals surface area contributed by atoms with Gasteiger partial charge in [0, 0.05) is 17.6 Å². The highest BCUT2D eigenvalue weighted by molar-refractivity contribution is 9.10. The van der Waals surface area contributed by atoms with E-state index in [1.807, 2.05) is 0 Å². The van der Waals surface area contributed by atoms with Crippen LogP contribution < -0.4 is 10.2 Å². The number of anilines is 3. The van der Waals surface area contributed by atoms with Crippen molar-refractivity contribution < 1.29 is 0 Å². The maximum Gasteiger partial charge on any atom is 0.0646 e. The van der Waals surface area contributed by atoms with Crippen LogP contribution in [0, 0.1) is 0 Å². The van der Waals surface area contributed by atoms with Crippen molar-refractivity contribution in [2.75, 3.05) is 23.3 Å². The van der Waals surface area contributed by atoms with Crippen molar-refractivity contribution in [2.45, 2.75) is 12.8 Å². The second-order valence-electron chi connectivity index (χ2n) is 4.75. The van der Waals surface area contributed by atoms with Crippen LogP contribution in [0.25, 0.3) is 0 Å². The highest BCUT2D eigenvalue weighted by Crippen LogP contribution is 2.37. The normalized spacial score (nSPS) is 15.1. The van der Waals surface area contributed by atoms with E-state index < -0.39 is 0 Å². The summed E-state index contributed by atoms with van der Waals surface area (Å²) in [5, 5.41) is 3.53. The zero-order valence-corrected chi connectivity index (χ0v) is 12.4. The molecule has 0 unspecified atom stereocenters. The quantitative estimate of drug-likeness (QED) is 0.813. The zero-order chi connectivity index (χ0) is 13.1. The van der Waals surface area contributed by atoms with E-state index in [0.717, 1.165) is 17.6 Å². The van der Waals surface area contributed by atoms with Gasteiger partial charge >= 0.3 is 0 Å². The maximum absolute atomic E-state index is 3.67. The van der Waals surface area contributed by atoms with Crippen LogP contribution >= 0.6 is 15.9 Å². The summed E-state index contributed by atoms with van der Waals surface area (Å²) in [7, 11) is 0. The van der Waals surface area contributed by atoms with Crippen LogP contribution in [0.3, 0.4) is 0 Å². The van der Waals surface area contributed by atoms with Crippen LogP contribution in [-0.4, -0.2) is 13.1 Å². The number of nitrogens with one attached hydrogen (secondary N) is 1. The number of nitrogens with zero attached hydrogens (tertiary/aromatic N) is 1. The van der Waals surface area contributed by atoms with E-state index in [1.165, 1.54) is 29.9 Å². The molecule has 19 heavy (non-hydrogen) atoms. The molecule has 98 valence electrons. The molecule has 0 aliphatic carbocycles. The van der Waals surface area contributed by atoms with Crippen molar-refractivity contribution in [1.29, 1.82) is 0 Å². The number of para-hydroxylation sites is 3. The fraction of sp³-hybridized carbons (Fsp3) is 0.250. The van der Waals surface area contributed by atoms with Crippen molar-refractivity contribution in [2.24, 2.45) is 0 Å². The summed E-state index contributed by atoms with van der Waals surface area (Å²) in [6.45, 7) is 2.11. The predicted octanol–water partition coefficient (Wildman–Crippen LogP) is 4.79. The molecule has 0 atom stereocenters. The van der Waals surface area contributed by atoms with Crippen LogP contribution in [0.2, 0.25) is 0 Å². The van der Waals surface area contributed by atoms with Gasteiger partial charge < -0.3 is 10.2 Å². The standard InChI is InChI=1S/C16H17BrN2/c17-13-7-1-3-9-15(13)19-12-6-5-11-18-14-8-2-4-10-16(14)19/h1-4,7-10,18H,5-6,11-12H2. The van der Waals surface area contributed by atoms with Crippen LogP contribution in [0.15, 0.2) is 53.0 Å². The molecule has 1 aliphatic rings. The molecule has 2 nitrogen and oxygen atoms in total. The van der Waals surface area contributed by atoms with E-state index in [0.29, 0.717) is 0 Å². The van der Waals surface area contributed by atoms with Crippen LogP contribution in [0.4, 0.5) is 17.1 Å². The number of benzene rings is 2. The van der Waals surface area contributed by atoms with Gasteiger partial charge in [-0.3, -0.25) is 0 Å². The molecule has 3 rings (SSSR count). The molecule has 0 aromatic heterocycles. The van der Waals surface area contributed by atoms with Crippen molar-refractivity contribution >= 4 is 33.0 Å². The molecule has 1 heterocycles. The molecule has 2 aromatic rings. The number of fused-ring (bicyclic) bond motifs is 1. The van der Waals surface area contributed by atoms with Crippen LogP contribution in [-0.2, 0) is 0 Å². The molecule has 0 saturated heterocycles. The lowest BCUT2D eigenvalue weighted by Crippen LogP contribution is -2.23. The van der Waals surface area contributed by atoms with Crippen LogP contribution in [0.1, 0.15) is 12.8 Å². The van der Waals surface area contributed by atoms with Gasteiger partial charge in [-0.2, -0.15) is 0 Å². The second-order valence-corrected chi connectivity index (χ2v) is 5.61. The molecule has 1 aliphatic heterocycles. The minimum Gasteiger partial charge on any atom is -0.383 e. The van der Waals surface area contributed by atoms with Gasteiger partial charge in [0.05, 0.1) is 17.1 Å². The Morgan fingerprint density at radius 1 is 0.895 bits per heavy atom. The molecule has 1 N–H and O–H groups in total. The number of hydrogen-bond acceptors (Lipinski definition) is 2. The number of rotatable bonds is 1. The molecule has 0 bridgehead atoms. The van der Waals surface area contributed by atoms with Gasteiger partial charge in [-0.05, 0) is 53.0 Å².